The summed E-state index contributed by atoms with van der Waals surface area (Å²) < 4.78 is 0. The normalized spacial score (nSPS) is 18.6. The zero-order chi connectivity index (χ0) is 12.7. The lowest BCUT2D eigenvalue weighted by Gasteiger charge is -2.25. The van der Waals surface area contributed by atoms with Crippen molar-refractivity contribution in [3.8, 4) is 0 Å². The molecule has 17 heavy (non-hydrogen) atoms. The number of hydrogen-bond donors (Lipinski definition) is 1. The third-order valence-corrected chi connectivity index (χ3v) is 3.49. The highest BCUT2D eigenvalue weighted by atomic mass is 16.4. The van der Waals surface area contributed by atoms with Gasteiger partial charge in [0.15, 0.2) is 0 Å². The van der Waals surface area contributed by atoms with Gasteiger partial charge in [-0.15, -0.1) is 0 Å². The van der Waals surface area contributed by atoms with Crippen molar-refractivity contribution in [2.45, 2.75) is 39.7 Å². The van der Waals surface area contributed by atoms with Crippen LogP contribution in [0.2, 0.25) is 0 Å². The Morgan fingerprint density at radius 3 is 2.65 bits per heavy atom. The Bertz CT molecular complexity index is 466. The molecule has 1 aromatic rings. The van der Waals surface area contributed by atoms with Gasteiger partial charge in [0.1, 0.15) is 0 Å². The Kier molecular flexibility index (Phi) is 2.86. The molecular formula is C14H19NO2. The molecule has 0 bridgehead atoms. The maximum Gasteiger partial charge on any atom is 0.335 e. The van der Waals surface area contributed by atoms with Gasteiger partial charge in [-0.2, -0.15) is 0 Å². The number of aryl methyl sites for hydroxylation is 1. The molecule has 1 aromatic carbocycles. The fraction of sp³-hybridized carbons (Fsp3) is 0.500. The van der Waals surface area contributed by atoms with Crippen molar-refractivity contribution in [3.05, 3.63) is 28.8 Å². The number of carbonyl (C=O) groups is 1. The molecule has 92 valence electrons. The number of hydrogen-bond acceptors (Lipinski definition) is 2. The second-order valence-electron chi connectivity index (χ2n) is 5.18. The van der Waals surface area contributed by atoms with Gasteiger partial charge in [0.05, 0.1) is 5.56 Å². The fourth-order valence-corrected chi connectivity index (χ4v) is 2.65. The van der Waals surface area contributed by atoms with E-state index in [0.29, 0.717) is 17.5 Å². The third-order valence-electron chi connectivity index (χ3n) is 3.49. The summed E-state index contributed by atoms with van der Waals surface area (Å²) in [6, 6.07) is 4.06. The van der Waals surface area contributed by atoms with Crippen LogP contribution < -0.4 is 4.90 Å². The molecule has 3 heteroatoms. The number of fused-ring (bicyclic) bond motifs is 1. The molecule has 1 heterocycles. The summed E-state index contributed by atoms with van der Waals surface area (Å²) in [5, 5.41) is 9.09. The lowest BCUT2D eigenvalue weighted by molar-refractivity contribution is 0.0696. The zero-order valence-electron chi connectivity index (χ0n) is 10.8. The topological polar surface area (TPSA) is 40.5 Å². The van der Waals surface area contributed by atoms with Crippen LogP contribution >= 0.6 is 0 Å². The Hall–Kier alpha value is -1.51. The van der Waals surface area contributed by atoms with Crippen LogP contribution in [0.5, 0.6) is 0 Å². The average Bonchev–Trinajstić information content (AvgIpc) is 2.57. The first-order valence-corrected chi connectivity index (χ1v) is 6.06. The van der Waals surface area contributed by atoms with Crippen LogP contribution in [-0.4, -0.2) is 23.7 Å². The third kappa shape index (κ3) is 1.90. The van der Waals surface area contributed by atoms with E-state index >= 15 is 0 Å². The standard InChI is InChI=1S/C14H19NO2/c1-8(2)15-7-10(4)12-6-11(14(16)17)5-9(3)13(12)15/h5-6,8,10H,7H2,1-4H3,(H,16,17). The maximum atomic E-state index is 11.1. The predicted octanol–water partition coefficient (Wildman–Crippen LogP) is 3.03. The first kappa shape index (κ1) is 12.0. The summed E-state index contributed by atoms with van der Waals surface area (Å²) in [5.74, 6) is -0.434. The van der Waals surface area contributed by atoms with Crippen LogP contribution in [0.4, 0.5) is 5.69 Å². The van der Waals surface area contributed by atoms with E-state index in [4.69, 9.17) is 5.11 Å². The number of anilines is 1. The van der Waals surface area contributed by atoms with Crippen LogP contribution in [0.25, 0.3) is 0 Å². The zero-order valence-corrected chi connectivity index (χ0v) is 10.8. The Morgan fingerprint density at radius 1 is 1.47 bits per heavy atom. The Labute approximate surface area is 102 Å². The molecule has 1 N–H and O–H groups in total. The Balaban J connectivity index is 2.57. The fourth-order valence-electron chi connectivity index (χ4n) is 2.65. The van der Waals surface area contributed by atoms with Crippen molar-refractivity contribution < 1.29 is 9.90 Å². The molecule has 0 amide bonds. The lowest BCUT2D eigenvalue weighted by atomic mass is 9.98. The largest absolute Gasteiger partial charge is 0.478 e. The van der Waals surface area contributed by atoms with Gasteiger partial charge >= 0.3 is 5.97 Å². The monoisotopic (exact) mass is 233 g/mol. The molecule has 1 aliphatic heterocycles. The van der Waals surface area contributed by atoms with Crippen LogP contribution in [0, 0.1) is 6.92 Å². The lowest BCUT2D eigenvalue weighted by Crippen LogP contribution is -2.29. The van der Waals surface area contributed by atoms with Gasteiger partial charge in [0.2, 0.25) is 0 Å². The van der Waals surface area contributed by atoms with E-state index in [0.717, 1.165) is 12.1 Å². The summed E-state index contributed by atoms with van der Waals surface area (Å²) in [6.45, 7) is 9.49. The molecule has 0 saturated heterocycles. The van der Waals surface area contributed by atoms with E-state index < -0.39 is 5.97 Å². The molecule has 1 atom stereocenters. The van der Waals surface area contributed by atoms with Crippen LogP contribution in [-0.2, 0) is 0 Å². The van der Waals surface area contributed by atoms with E-state index in [9.17, 15) is 4.79 Å². The second kappa shape index (κ2) is 4.06. The summed E-state index contributed by atoms with van der Waals surface area (Å²) >= 11 is 0. The first-order valence-electron chi connectivity index (χ1n) is 6.06. The number of aromatic carboxylic acids is 1. The molecular weight excluding hydrogens is 214 g/mol. The maximum absolute atomic E-state index is 11.1. The molecule has 1 aliphatic rings. The molecule has 0 saturated carbocycles. The predicted molar refractivity (Wildman–Crippen MR) is 69.0 cm³/mol. The van der Waals surface area contributed by atoms with E-state index in [1.54, 1.807) is 6.07 Å². The number of benzene rings is 1. The number of nitrogens with zero attached hydrogens (tertiary/aromatic N) is 1. The van der Waals surface area contributed by atoms with E-state index in [-0.39, 0.29) is 0 Å². The minimum Gasteiger partial charge on any atom is -0.478 e. The van der Waals surface area contributed by atoms with Gasteiger partial charge in [0, 0.05) is 24.2 Å². The van der Waals surface area contributed by atoms with E-state index in [1.165, 1.54) is 11.3 Å². The quantitative estimate of drug-likeness (QED) is 0.853. The molecule has 0 radical (unpaired) electrons. The smallest absolute Gasteiger partial charge is 0.335 e. The van der Waals surface area contributed by atoms with E-state index in [2.05, 4.69) is 25.7 Å². The summed E-state index contributed by atoms with van der Waals surface area (Å²) in [6.07, 6.45) is 0. The molecule has 2 rings (SSSR count). The van der Waals surface area contributed by atoms with Gasteiger partial charge in [-0.25, -0.2) is 4.79 Å². The second-order valence-corrected chi connectivity index (χ2v) is 5.18. The van der Waals surface area contributed by atoms with Crippen LogP contribution in [0.15, 0.2) is 12.1 Å². The highest BCUT2D eigenvalue weighted by Gasteiger charge is 2.29. The van der Waals surface area contributed by atoms with Crippen molar-refractivity contribution >= 4 is 11.7 Å². The van der Waals surface area contributed by atoms with Crippen molar-refractivity contribution in [2.75, 3.05) is 11.4 Å². The summed E-state index contributed by atoms with van der Waals surface area (Å²) in [4.78, 5) is 13.4. The minimum atomic E-state index is -0.842. The summed E-state index contributed by atoms with van der Waals surface area (Å²) in [5.41, 5.74) is 3.88. The Morgan fingerprint density at radius 2 is 2.12 bits per heavy atom. The van der Waals surface area contributed by atoms with Crippen molar-refractivity contribution in [1.82, 2.24) is 0 Å². The number of carboxylic acid groups (broad SMARTS) is 1. The van der Waals surface area contributed by atoms with Crippen LogP contribution in [0.3, 0.4) is 0 Å². The molecule has 0 spiro atoms. The molecule has 0 aromatic heterocycles. The first-order chi connectivity index (χ1) is 7.91. The average molecular weight is 233 g/mol. The summed E-state index contributed by atoms with van der Waals surface area (Å²) in [7, 11) is 0. The van der Waals surface area contributed by atoms with E-state index in [1.807, 2.05) is 13.0 Å². The van der Waals surface area contributed by atoms with Gasteiger partial charge in [-0.05, 0) is 44.0 Å². The highest BCUT2D eigenvalue weighted by molar-refractivity contribution is 5.89. The number of carboxylic acids is 1. The molecule has 1 unspecified atom stereocenters. The van der Waals surface area contributed by atoms with Crippen molar-refractivity contribution in [2.24, 2.45) is 0 Å². The van der Waals surface area contributed by atoms with Crippen molar-refractivity contribution in [1.29, 1.82) is 0 Å². The molecule has 3 nitrogen and oxygen atoms in total. The number of rotatable bonds is 2. The molecule has 0 fully saturated rings. The van der Waals surface area contributed by atoms with Crippen molar-refractivity contribution in [3.63, 3.8) is 0 Å². The van der Waals surface area contributed by atoms with Crippen LogP contribution in [0.1, 0.15) is 48.2 Å². The van der Waals surface area contributed by atoms with Gasteiger partial charge < -0.3 is 10.0 Å². The minimum absolute atomic E-state index is 0.402. The van der Waals surface area contributed by atoms with Gasteiger partial charge in [0.25, 0.3) is 0 Å². The molecule has 0 aliphatic carbocycles. The van der Waals surface area contributed by atoms with Gasteiger partial charge in [-0.1, -0.05) is 6.92 Å². The highest BCUT2D eigenvalue weighted by Crippen LogP contribution is 2.40. The SMILES string of the molecule is Cc1cc(C(=O)O)cc2c1N(C(C)C)CC2C. The van der Waals surface area contributed by atoms with Gasteiger partial charge in [-0.3, -0.25) is 0 Å².